The highest BCUT2D eigenvalue weighted by molar-refractivity contribution is 9.10. The summed E-state index contributed by atoms with van der Waals surface area (Å²) < 4.78 is 7.38. The molecule has 1 heterocycles. The van der Waals surface area contributed by atoms with E-state index in [1.54, 1.807) is 22.8 Å². The van der Waals surface area contributed by atoms with Crippen molar-refractivity contribution < 1.29 is 14.6 Å². The standard InChI is InChI=1S/C17H13BrClNO3/c1-23-17(22)15-16(21)13-8-11(18)4-7-14(13)20(15)9-10-2-5-12(19)6-3-10/h2-8,21H,9H2,1H3. The summed E-state index contributed by atoms with van der Waals surface area (Å²) in [5.41, 5.74) is 1.84. The second-order valence-corrected chi connectivity index (χ2v) is 6.41. The molecule has 0 fully saturated rings. The minimum atomic E-state index is -0.580. The van der Waals surface area contributed by atoms with Crippen LogP contribution in [0.25, 0.3) is 10.9 Å². The fourth-order valence-corrected chi connectivity index (χ4v) is 3.04. The van der Waals surface area contributed by atoms with Crippen LogP contribution < -0.4 is 0 Å². The summed E-state index contributed by atoms with van der Waals surface area (Å²) in [5.74, 6) is -0.661. The molecule has 4 nitrogen and oxygen atoms in total. The highest BCUT2D eigenvalue weighted by Gasteiger charge is 2.23. The number of esters is 1. The molecule has 0 aliphatic heterocycles. The van der Waals surface area contributed by atoms with Crippen LogP contribution in [0.4, 0.5) is 0 Å². The Labute approximate surface area is 146 Å². The van der Waals surface area contributed by atoms with E-state index in [4.69, 9.17) is 16.3 Å². The molecule has 0 unspecified atom stereocenters. The van der Waals surface area contributed by atoms with Gasteiger partial charge in [-0.15, -0.1) is 0 Å². The van der Waals surface area contributed by atoms with Crippen molar-refractivity contribution in [3.63, 3.8) is 0 Å². The van der Waals surface area contributed by atoms with E-state index in [1.165, 1.54) is 7.11 Å². The minimum Gasteiger partial charge on any atom is -0.505 e. The van der Waals surface area contributed by atoms with Gasteiger partial charge in [-0.05, 0) is 35.9 Å². The molecule has 0 amide bonds. The number of aromatic nitrogens is 1. The van der Waals surface area contributed by atoms with Crippen molar-refractivity contribution in [2.24, 2.45) is 0 Å². The fourth-order valence-electron chi connectivity index (χ4n) is 2.55. The quantitative estimate of drug-likeness (QED) is 0.661. The van der Waals surface area contributed by atoms with E-state index in [0.29, 0.717) is 17.0 Å². The smallest absolute Gasteiger partial charge is 0.358 e. The predicted octanol–water partition coefficient (Wildman–Crippen LogP) is 4.60. The van der Waals surface area contributed by atoms with Crippen molar-refractivity contribution in [3.8, 4) is 5.75 Å². The van der Waals surface area contributed by atoms with Crippen molar-refractivity contribution in [2.45, 2.75) is 6.54 Å². The van der Waals surface area contributed by atoms with Crippen molar-refractivity contribution in [1.29, 1.82) is 0 Å². The molecule has 1 N–H and O–H groups in total. The Bertz CT molecular complexity index is 887. The Kier molecular flexibility index (Phi) is 4.33. The molecule has 3 rings (SSSR count). The first-order chi connectivity index (χ1) is 11.0. The van der Waals surface area contributed by atoms with Crippen LogP contribution in [-0.2, 0) is 11.3 Å². The van der Waals surface area contributed by atoms with Gasteiger partial charge in [0.1, 0.15) is 0 Å². The van der Waals surface area contributed by atoms with Gasteiger partial charge in [-0.3, -0.25) is 0 Å². The SMILES string of the molecule is COC(=O)c1c(O)c2cc(Br)ccc2n1Cc1ccc(Cl)cc1. The zero-order valence-electron chi connectivity index (χ0n) is 12.2. The lowest BCUT2D eigenvalue weighted by Gasteiger charge is -2.10. The van der Waals surface area contributed by atoms with Crippen molar-refractivity contribution >= 4 is 44.4 Å². The summed E-state index contributed by atoms with van der Waals surface area (Å²) in [6.45, 7) is 0.417. The average Bonchev–Trinajstić information content (AvgIpc) is 2.81. The Morgan fingerprint density at radius 2 is 1.96 bits per heavy atom. The minimum absolute atomic E-state index is 0.0814. The van der Waals surface area contributed by atoms with E-state index in [0.717, 1.165) is 15.6 Å². The lowest BCUT2D eigenvalue weighted by molar-refractivity contribution is 0.0586. The van der Waals surface area contributed by atoms with Crippen LogP contribution in [0.3, 0.4) is 0 Å². The molecule has 0 aliphatic carbocycles. The summed E-state index contributed by atoms with van der Waals surface area (Å²) in [4.78, 5) is 12.1. The maximum Gasteiger partial charge on any atom is 0.358 e. The summed E-state index contributed by atoms with van der Waals surface area (Å²) in [5, 5.41) is 11.7. The molecule has 0 saturated heterocycles. The van der Waals surface area contributed by atoms with E-state index in [2.05, 4.69) is 15.9 Å². The molecule has 2 aromatic carbocycles. The fraction of sp³-hybridized carbons (Fsp3) is 0.118. The third-order valence-corrected chi connectivity index (χ3v) is 4.38. The molecule has 118 valence electrons. The van der Waals surface area contributed by atoms with Crippen LogP contribution in [0.1, 0.15) is 16.1 Å². The van der Waals surface area contributed by atoms with Crippen LogP contribution in [0, 0.1) is 0 Å². The number of fused-ring (bicyclic) bond motifs is 1. The highest BCUT2D eigenvalue weighted by atomic mass is 79.9. The summed E-state index contributed by atoms with van der Waals surface area (Å²) in [7, 11) is 1.29. The number of hydrogen-bond acceptors (Lipinski definition) is 3. The molecule has 0 saturated carbocycles. The van der Waals surface area contributed by atoms with Gasteiger partial charge in [0.2, 0.25) is 0 Å². The first-order valence-electron chi connectivity index (χ1n) is 6.84. The van der Waals surface area contributed by atoms with Gasteiger partial charge in [0, 0.05) is 21.4 Å². The van der Waals surface area contributed by atoms with Gasteiger partial charge in [-0.1, -0.05) is 39.7 Å². The third-order valence-electron chi connectivity index (χ3n) is 3.63. The van der Waals surface area contributed by atoms with E-state index in [1.807, 2.05) is 24.3 Å². The van der Waals surface area contributed by atoms with Gasteiger partial charge in [0.25, 0.3) is 0 Å². The van der Waals surface area contributed by atoms with Crippen LogP contribution in [-0.4, -0.2) is 22.8 Å². The molecule has 0 aliphatic rings. The van der Waals surface area contributed by atoms with Crippen molar-refractivity contribution in [3.05, 3.63) is 63.2 Å². The van der Waals surface area contributed by atoms with Crippen LogP contribution >= 0.6 is 27.5 Å². The monoisotopic (exact) mass is 393 g/mol. The molecule has 0 radical (unpaired) electrons. The molecule has 1 aromatic heterocycles. The van der Waals surface area contributed by atoms with Crippen molar-refractivity contribution in [1.82, 2.24) is 4.57 Å². The molecule has 23 heavy (non-hydrogen) atoms. The number of hydrogen-bond donors (Lipinski definition) is 1. The second kappa shape index (κ2) is 6.26. The maximum atomic E-state index is 12.1. The molecular formula is C17H13BrClNO3. The molecule has 0 spiro atoms. The van der Waals surface area contributed by atoms with E-state index < -0.39 is 5.97 Å². The maximum absolute atomic E-state index is 12.1. The van der Waals surface area contributed by atoms with Gasteiger partial charge in [0.05, 0.1) is 12.6 Å². The number of carbonyl (C=O) groups excluding carboxylic acids is 1. The number of halogens is 2. The third kappa shape index (κ3) is 2.94. The number of methoxy groups -OCH3 is 1. The lowest BCUT2D eigenvalue weighted by Crippen LogP contribution is -2.11. The Hall–Kier alpha value is -1.98. The van der Waals surface area contributed by atoms with E-state index >= 15 is 0 Å². The number of nitrogens with zero attached hydrogens (tertiary/aromatic N) is 1. The molecule has 6 heteroatoms. The van der Waals surface area contributed by atoms with Crippen LogP contribution in [0.15, 0.2) is 46.9 Å². The highest BCUT2D eigenvalue weighted by Crippen LogP contribution is 2.35. The largest absolute Gasteiger partial charge is 0.505 e. The topological polar surface area (TPSA) is 51.5 Å². The van der Waals surface area contributed by atoms with Crippen LogP contribution in [0.2, 0.25) is 5.02 Å². The number of rotatable bonds is 3. The first kappa shape index (κ1) is 15.9. The van der Waals surface area contributed by atoms with Gasteiger partial charge >= 0.3 is 5.97 Å². The lowest BCUT2D eigenvalue weighted by atomic mass is 10.2. The van der Waals surface area contributed by atoms with Gasteiger partial charge in [-0.2, -0.15) is 0 Å². The number of aromatic hydroxyl groups is 1. The first-order valence-corrected chi connectivity index (χ1v) is 8.02. The molecule has 0 bridgehead atoms. The van der Waals surface area contributed by atoms with Gasteiger partial charge < -0.3 is 14.4 Å². The zero-order chi connectivity index (χ0) is 16.6. The second-order valence-electron chi connectivity index (χ2n) is 5.06. The summed E-state index contributed by atoms with van der Waals surface area (Å²) >= 11 is 9.29. The Morgan fingerprint density at radius 1 is 1.26 bits per heavy atom. The van der Waals surface area contributed by atoms with E-state index in [9.17, 15) is 9.90 Å². The van der Waals surface area contributed by atoms with Crippen LogP contribution in [0.5, 0.6) is 5.75 Å². The molecular weight excluding hydrogens is 382 g/mol. The number of carbonyl (C=O) groups is 1. The molecule has 0 atom stereocenters. The molecule has 3 aromatic rings. The Morgan fingerprint density at radius 3 is 2.61 bits per heavy atom. The average molecular weight is 395 g/mol. The van der Waals surface area contributed by atoms with Gasteiger partial charge in [-0.25, -0.2) is 4.79 Å². The van der Waals surface area contributed by atoms with E-state index in [-0.39, 0.29) is 11.4 Å². The number of ether oxygens (including phenoxy) is 1. The van der Waals surface area contributed by atoms with Crippen molar-refractivity contribution in [2.75, 3.05) is 7.11 Å². The zero-order valence-corrected chi connectivity index (χ0v) is 14.6. The van der Waals surface area contributed by atoms with Gasteiger partial charge in [0.15, 0.2) is 11.4 Å². The summed E-state index contributed by atoms with van der Waals surface area (Å²) in [6, 6.07) is 12.8. The number of benzene rings is 2. The predicted molar refractivity (Wildman–Crippen MR) is 93.2 cm³/mol. The normalized spacial score (nSPS) is 10.9. The Balaban J connectivity index is 2.20. The summed E-state index contributed by atoms with van der Waals surface area (Å²) in [6.07, 6.45) is 0.